The lowest BCUT2D eigenvalue weighted by atomic mass is 10.3. The van der Waals surface area contributed by atoms with Gasteiger partial charge in [-0.3, -0.25) is 4.68 Å². The SMILES string of the molecule is COCCNCc1ccnn1CCOc1cccc(Br)c1. The third-order valence-corrected chi connectivity index (χ3v) is 3.45. The van der Waals surface area contributed by atoms with E-state index < -0.39 is 0 Å². The van der Waals surface area contributed by atoms with Gasteiger partial charge in [0.25, 0.3) is 0 Å². The Bertz CT molecular complexity index is 545. The van der Waals surface area contributed by atoms with E-state index in [1.54, 1.807) is 7.11 Å². The van der Waals surface area contributed by atoms with Crippen molar-refractivity contribution >= 4 is 15.9 Å². The van der Waals surface area contributed by atoms with Gasteiger partial charge in [-0.05, 0) is 24.3 Å². The predicted molar refractivity (Wildman–Crippen MR) is 85.4 cm³/mol. The van der Waals surface area contributed by atoms with Crippen LogP contribution in [-0.2, 0) is 17.8 Å². The van der Waals surface area contributed by atoms with Crippen molar-refractivity contribution in [3.8, 4) is 5.75 Å². The Morgan fingerprint density at radius 2 is 2.19 bits per heavy atom. The predicted octanol–water partition coefficient (Wildman–Crippen LogP) is 2.46. The normalized spacial score (nSPS) is 10.8. The minimum atomic E-state index is 0.587. The van der Waals surface area contributed by atoms with Gasteiger partial charge in [0.15, 0.2) is 0 Å². The molecule has 1 aromatic carbocycles. The molecular weight excluding hydrogens is 334 g/mol. The van der Waals surface area contributed by atoms with Crippen molar-refractivity contribution in [3.05, 3.63) is 46.7 Å². The number of rotatable bonds is 9. The van der Waals surface area contributed by atoms with Crippen molar-refractivity contribution in [2.24, 2.45) is 0 Å². The zero-order valence-corrected chi connectivity index (χ0v) is 13.7. The molecule has 1 N–H and O–H groups in total. The summed E-state index contributed by atoms with van der Waals surface area (Å²) in [6.07, 6.45) is 1.81. The minimum absolute atomic E-state index is 0.587. The summed E-state index contributed by atoms with van der Waals surface area (Å²) < 4.78 is 13.7. The molecule has 21 heavy (non-hydrogen) atoms. The van der Waals surface area contributed by atoms with Crippen molar-refractivity contribution in [2.45, 2.75) is 13.1 Å². The zero-order valence-electron chi connectivity index (χ0n) is 12.1. The van der Waals surface area contributed by atoms with Crippen molar-refractivity contribution in [2.75, 3.05) is 26.9 Å². The van der Waals surface area contributed by atoms with Crippen molar-refractivity contribution in [1.29, 1.82) is 0 Å². The third kappa shape index (κ3) is 5.49. The smallest absolute Gasteiger partial charge is 0.120 e. The van der Waals surface area contributed by atoms with Crippen LogP contribution < -0.4 is 10.1 Å². The molecule has 1 aromatic heterocycles. The van der Waals surface area contributed by atoms with Crippen LogP contribution in [0.25, 0.3) is 0 Å². The highest BCUT2D eigenvalue weighted by Gasteiger charge is 2.02. The first-order valence-electron chi connectivity index (χ1n) is 6.88. The first-order chi connectivity index (χ1) is 10.3. The Balaban J connectivity index is 1.77. The molecule has 0 unspecified atom stereocenters. The van der Waals surface area contributed by atoms with Crippen LogP contribution >= 0.6 is 15.9 Å². The van der Waals surface area contributed by atoms with E-state index in [1.165, 1.54) is 0 Å². The number of methoxy groups -OCH3 is 1. The molecular formula is C15H20BrN3O2. The van der Waals surface area contributed by atoms with E-state index in [4.69, 9.17) is 9.47 Å². The molecule has 0 saturated heterocycles. The summed E-state index contributed by atoms with van der Waals surface area (Å²) in [4.78, 5) is 0. The van der Waals surface area contributed by atoms with Crippen LogP contribution in [0.4, 0.5) is 0 Å². The molecule has 0 atom stereocenters. The van der Waals surface area contributed by atoms with Crippen LogP contribution in [0.5, 0.6) is 5.75 Å². The molecule has 2 aromatic rings. The second-order valence-electron chi connectivity index (χ2n) is 4.52. The number of halogens is 1. The zero-order chi connectivity index (χ0) is 14.9. The highest BCUT2D eigenvalue weighted by molar-refractivity contribution is 9.10. The van der Waals surface area contributed by atoms with Gasteiger partial charge in [0.2, 0.25) is 0 Å². The number of hydrogen-bond acceptors (Lipinski definition) is 4. The van der Waals surface area contributed by atoms with Crippen LogP contribution in [0, 0.1) is 0 Å². The minimum Gasteiger partial charge on any atom is -0.492 e. The number of nitrogens with zero attached hydrogens (tertiary/aromatic N) is 2. The number of benzene rings is 1. The molecule has 2 rings (SSSR count). The van der Waals surface area contributed by atoms with Gasteiger partial charge in [-0.25, -0.2) is 0 Å². The fourth-order valence-electron chi connectivity index (χ4n) is 1.91. The molecule has 6 heteroatoms. The van der Waals surface area contributed by atoms with E-state index in [-0.39, 0.29) is 0 Å². The van der Waals surface area contributed by atoms with Crippen LogP contribution in [0.2, 0.25) is 0 Å². The van der Waals surface area contributed by atoms with Gasteiger partial charge in [0, 0.05) is 30.9 Å². The molecule has 0 aliphatic heterocycles. The highest BCUT2D eigenvalue weighted by atomic mass is 79.9. The van der Waals surface area contributed by atoms with Gasteiger partial charge in [0.1, 0.15) is 12.4 Å². The number of ether oxygens (including phenoxy) is 2. The largest absolute Gasteiger partial charge is 0.492 e. The second-order valence-corrected chi connectivity index (χ2v) is 5.44. The average molecular weight is 354 g/mol. The van der Waals surface area contributed by atoms with Crippen LogP contribution in [0.15, 0.2) is 41.0 Å². The first kappa shape index (κ1) is 16.0. The van der Waals surface area contributed by atoms with Gasteiger partial charge in [-0.1, -0.05) is 22.0 Å². The molecule has 0 aliphatic carbocycles. The maximum absolute atomic E-state index is 5.73. The van der Waals surface area contributed by atoms with Gasteiger partial charge in [0.05, 0.1) is 18.8 Å². The van der Waals surface area contributed by atoms with E-state index in [9.17, 15) is 0 Å². The number of nitrogens with one attached hydrogen (secondary N) is 1. The van der Waals surface area contributed by atoms with E-state index in [0.29, 0.717) is 13.2 Å². The Labute approximate surface area is 133 Å². The summed E-state index contributed by atoms with van der Waals surface area (Å²) in [6.45, 7) is 3.63. The molecule has 0 bridgehead atoms. The van der Waals surface area contributed by atoms with Crippen molar-refractivity contribution in [1.82, 2.24) is 15.1 Å². The lowest BCUT2D eigenvalue weighted by Crippen LogP contribution is -2.21. The molecule has 114 valence electrons. The molecule has 0 fully saturated rings. The maximum atomic E-state index is 5.73. The summed E-state index contributed by atoms with van der Waals surface area (Å²) in [5, 5.41) is 7.63. The quantitative estimate of drug-likeness (QED) is 0.703. The Morgan fingerprint density at radius 3 is 3.00 bits per heavy atom. The van der Waals surface area contributed by atoms with E-state index in [1.807, 2.05) is 41.2 Å². The van der Waals surface area contributed by atoms with Gasteiger partial charge in [-0.15, -0.1) is 0 Å². The lowest BCUT2D eigenvalue weighted by Gasteiger charge is -2.10. The Kier molecular flexibility index (Phi) is 6.72. The monoisotopic (exact) mass is 353 g/mol. The summed E-state index contributed by atoms with van der Waals surface area (Å²) in [5.41, 5.74) is 1.14. The van der Waals surface area contributed by atoms with E-state index in [2.05, 4.69) is 26.3 Å². The highest BCUT2D eigenvalue weighted by Crippen LogP contribution is 2.17. The van der Waals surface area contributed by atoms with Crippen molar-refractivity contribution < 1.29 is 9.47 Å². The summed E-state index contributed by atoms with van der Waals surface area (Å²) >= 11 is 3.43. The Hall–Kier alpha value is -1.37. The fourth-order valence-corrected chi connectivity index (χ4v) is 2.29. The van der Waals surface area contributed by atoms with E-state index in [0.717, 1.165) is 35.6 Å². The molecule has 5 nitrogen and oxygen atoms in total. The maximum Gasteiger partial charge on any atom is 0.120 e. The summed E-state index contributed by atoms with van der Waals surface area (Å²) in [7, 11) is 1.70. The fraction of sp³-hybridized carbons (Fsp3) is 0.400. The molecule has 1 heterocycles. The first-order valence-corrected chi connectivity index (χ1v) is 7.67. The van der Waals surface area contributed by atoms with Gasteiger partial charge in [-0.2, -0.15) is 5.10 Å². The van der Waals surface area contributed by atoms with Crippen LogP contribution in [0.1, 0.15) is 5.69 Å². The standard InChI is InChI=1S/C15H20BrN3O2/c1-20-9-7-17-12-14-5-6-18-19(14)8-10-21-15-4-2-3-13(16)11-15/h2-6,11,17H,7-10,12H2,1H3. The number of hydrogen-bond donors (Lipinski definition) is 1. The van der Waals surface area contributed by atoms with E-state index >= 15 is 0 Å². The van der Waals surface area contributed by atoms with Gasteiger partial charge < -0.3 is 14.8 Å². The second kappa shape index (κ2) is 8.81. The summed E-state index contributed by atoms with van der Waals surface area (Å²) in [5.74, 6) is 0.858. The van der Waals surface area contributed by atoms with Gasteiger partial charge >= 0.3 is 0 Å². The molecule has 0 radical (unpaired) electrons. The summed E-state index contributed by atoms with van der Waals surface area (Å²) in [6, 6.07) is 9.85. The van der Waals surface area contributed by atoms with Crippen LogP contribution in [0.3, 0.4) is 0 Å². The Morgan fingerprint density at radius 1 is 1.29 bits per heavy atom. The number of aromatic nitrogens is 2. The third-order valence-electron chi connectivity index (χ3n) is 2.96. The van der Waals surface area contributed by atoms with Crippen LogP contribution in [-0.4, -0.2) is 36.6 Å². The molecule has 0 saturated carbocycles. The van der Waals surface area contributed by atoms with Crippen molar-refractivity contribution in [3.63, 3.8) is 0 Å². The topological polar surface area (TPSA) is 48.3 Å². The lowest BCUT2D eigenvalue weighted by molar-refractivity contribution is 0.198. The molecule has 0 spiro atoms. The molecule has 0 aliphatic rings. The molecule has 0 amide bonds. The average Bonchev–Trinajstić information content (AvgIpc) is 2.91.